The third kappa shape index (κ3) is 5.90. The van der Waals surface area contributed by atoms with Crippen molar-refractivity contribution in [2.45, 2.75) is 30.9 Å². The van der Waals surface area contributed by atoms with Gasteiger partial charge < -0.3 is 29.4 Å². The number of aliphatic imine (C=N–C) groups is 1. The molecule has 0 radical (unpaired) electrons. The Hall–Kier alpha value is -2.77. The van der Waals surface area contributed by atoms with Crippen molar-refractivity contribution < 1.29 is 22.6 Å². The number of H-pyrrole nitrogens is 1. The molecule has 3 N–H and O–H groups in total. The van der Waals surface area contributed by atoms with E-state index in [1.54, 1.807) is 38.5 Å². The third-order valence-corrected chi connectivity index (χ3v) is 7.21. The van der Waals surface area contributed by atoms with Crippen LogP contribution in [-0.2, 0) is 37.3 Å². The van der Waals surface area contributed by atoms with Crippen LogP contribution >= 0.6 is 0 Å². The van der Waals surface area contributed by atoms with E-state index in [9.17, 15) is 8.42 Å². The average Bonchev–Trinajstić information content (AvgIpc) is 3.22. The Balaban J connectivity index is 1.54. The maximum absolute atomic E-state index is 12.5. The number of guanidine groups is 1. The molecule has 1 atom stereocenters. The molecule has 1 unspecified atom stereocenters. The lowest BCUT2D eigenvalue weighted by Crippen LogP contribution is -2.49. The molecule has 0 fully saturated rings. The van der Waals surface area contributed by atoms with Crippen molar-refractivity contribution in [2.75, 3.05) is 52.4 Å². The molecular formula is C23H32N6O5S. The summed E-state index contributed by atoms with van der Waals surface area (Å²) in [6, 6.07) is 6.60. The fourth-order valence-corrected chi connectivity index (χ4v) is 5.11. The zero-order chi connectivity index (χ0) is 24.8. The molecule has 12 heteroatoms. The molecular weight excluding hydrogens is 472 g/mol. The number of anilines is 1. The first-order valence-corrected chi connectivity index (χ1v) is 13.0. The van der Waals surface area contributed by atoms with E-state index in [1.165, 1.54) is 0 Å². The molecule has 0 saturated carbocycles. The third-order valence-electron chi connectivity index (χ3n) is 5.74. The molecule has 35 heavy (non-hydrogen) atoms. The SMILES string of the molecule is CCOCCNS(=O)(=O)c1ccc(NC2=NC3=CCN2C(COC)Cc2nc(COC)[nH]c23)cc1. The maximum Gasteiger partial charge on any atom is 0.240 e. The summed E-state index contributed by atoms with van der Waals surface area (Å²) in [5.41, 5.74) is 3.35. The largest absolute Gasteiger partial charge is 0.383 e. The summed E-state index contributed by atoms with van der Waals surface area (Å²) in [7, 11) is -0.292. The maximum atomic E-state index is 12.5. The molecule has 0 amide bonds. The normalized spacial score (nSPS) is 17.5. The van der Waals surface area contributed by atoms with Crippen LogP contribution in [0.5, 0.6) is 0 Å². The van der Waals surface area contributed by atoms with Gasteiger partial charge in [0, 0.05) is 46.0 Å². The molecule has 3 aliphatic heterocycles. The van der Waals surface area contributed by atoms with Gasteiger partial charge in [0.25, 0.3) is 0 Å². The summed E-state index contributed by atoms with van der Waals surface area (Å²) in [5.74, 6) is 1.43. The number of aromatic amines is 1. The molecule has 0 aliphatic carbocycles. The summed E-state index contributed by atoms with van der Waals surface area (Å²) >= 11 is 0. The number of imidazole rings is 1. The Kier molecular flexibility index (Phi) is 8.19. The van der Waals surface area contributed by atoms with E-state index in [0.717, 1.165) is 28.6 Å². The summed E-state index contributed by atoms with van der Waals surface area (Å²) in [4.78, 5) is 15.2. The first kappa shape index (κ1) is 25.3. The number of hydrogen-bond acceptors (Lipinski definition) is 9. The van der Waals surface area contributed by atoms with E-state index in [4.69, 9.17) is 24.2 Å². The number of methoxy groups -OCH3 is 2. The molecule has 0 spiro atoms. The number of hydrogen-bond donors (Lipinski definition) is 3. The lowest BCUT2D eigenvalue weighted by Gasteiger charge is -2.37. The Labute approximate surface area is 205 Å². The van der Waals surface area contributed by atoms with Gasteiger partial charge in [-0.1, -0.05) is 0 Å². The van der Waals surface area contributed by atoms with Gasteiger partial charge >= 0.3 is 0 Å². The second-order valence-corrected chi connectivity index (χ2v) is 9.94. The van der Waals surface area contributed by atoms with E-state index in [-0.39, 0.29) is 17.5 Å². The first-order valence-electron chi connectivity index (χ1n) is 11.5. The molecule has 1 aromatic heterocycles. The van der Waals surface area contributed by atoms with Gasteiger partial charge in [0.05, 0.1) is 41.2 Å². The van der Waals surface area contributed by atoms with Crippen molar-refractivity contribution in [3.63, 3.8) is 0 Å². The molecule has 11 nitrogen and oxygen atoms in total. The van der Waals surface area contributed by atoms with Gasteiger partial charge in [-0.2, -0.15) is 0 Å². The smallest absolute Gasteiger partial charge is 0.240 e. The van der Waals surface area contributed by atoms with Crippen LogP contribution in [0.4, 0.5) is 5.69 Å². The fraction of sp³-hybridized carbons (Fsp3) is 0.478. The topological polar surface area (TPSA) is 130 Å². The monoisotopic (exact) mass is 504 g/mol. The minimum absolute atomic E-state index is 0.0102. The van der Waals surface area contributed by atoms with Gasteiger partial charge in [0.2, 0.25) is 16.0 Å². The zero-order valence-corrected chi connectivity index (χ0v) is 21.0. The van der Waals surface area contributed by atoms with Crippen LogP contribution in [0, 0.1) is 0 Å². The molecule has 0 saturated heterocycles. The summed E-state index contributed by atoms with van der Waals surface area (Å²) in [5, 5.41) is 3.36. The van der Waals surface area contributed by atoms with Gasteiger partial charge in [-0.25, -0.2) is 23.1 Å². The lowest BCUT2D eigenvalue weighted by molar-refractivity contribution is 0.130. The van der Waals surface area contributed by atoms with Crippen LogP contribution in [0.2, 0.25) is 0 Å². The van der Waals surface area contributed by atoms with E-state index in [1.807, 2.05) is 6.92 Å². The molecule has 4 heterocycles. The summed E-state index contributed by atoms with van der Waals surface area (Å²) in [6.45, 7) is 4.51. The van der Waals surface area contributed by atoms with E-state index in [0.29, 0.717) is 45.4 Å². The minimum Gasteiger partial charge on any atom is -0.383 e. The first-order chi connectivity index (χ1) is 16.9. The van der Waals surface area contributed by atoms with Crippen molar-refractivity contribution in [3.8, 4) is 0 Å². The van der Waals surface area contributed by atoms with Crippen LogP contribution in [0.25, 0.3) is 5.70 Å². The second-order valence-electron chi connectivity index (χ2n) is 8.17. The number of nitrogens with zero attached hydrogens (tertiary/aromatic N) is 3. The van der Waals surface area contributed by atoms with E-state index in [2.05, 4.69) is 26.0 Å². The zero-order valence-electron chi connectivity index (χ0n) is 20.2. The van der Waals surface area contributed by atoms with Crippen molar-refractivity contribution in [1.29, 1.82) is 0 Å². The number of benzene rings is 1. The quantitative estimate of drug-likeness (QED) is 0.393. The predicted octanol–water partition coefficient (Wildman–Crippen LogP) is 1.57. The molecule has 2 bridgehead atoms. The number of fused-ring (bicyclic) bond motifs is 2. The van der Waals surface area contributed by atoms with Gasteiger partial charge in [-0.3, -0.25) is 0 Å². The van der Waals surface area contributed by atoms with Crippen molar-refractivity contribution in [2.24, 2.45) is 4.99 Å². The summed E-state index contributed by atoms with van der Waals surface area (Å²) < 4.78 is 43.5. The van der Waals surface area contributed by atoms with Gasteiger partial charge in [0.1, 0.15) is 12.4 Å². The van der Waals surface area contributed by atoms with Gasteiger partial charge in [0.15, 0.2) is 0 Å². The van der Waals surface area contributed by atoms with E-state index >= 15 is 0 Å². The second kappa shape index (κ2) is 11.3. The molecule has 190 valence electrons. The van der Waals surface area contributed by atoms with Crippen molar-refractivity contribution >= 4 is 27.4 Å². The molecule has 2 aromatic rings. The van der Waals surface area contributed by atoms with Crippen molar-refractivity contribution in [1.82, 2.24) is 19.6 Å². The van der Waals surface area contributed by atoms with Crippen LogP contribution in [0.3, 0.4) is 0 Å². The number of sulfonamides is 1. The van der Waals surface area contributed by atoms with Gasteiger partial charge in [-0.05, 0) is 37.3 Å². The highest BCUT2D eigenvalue weighted by atomic mass is 32.2. The standard InChI is InChI=1S/C23H32N6O5S/c1-4-34-12-10-24-35(30,31)18-7-5-16(6-8-18)25-23-27-19-9-11-29(23)17(14-32-2)13-20-22(19)28-21(26-20)15-33-3/h5-9,17,24H,4,10-15H2,1-3H3,(H,25,27)(H,26,28). The lowest BCUT2D eigenvalue weighted by atomic mass is 10.0. The number of rotatable bonds is 11. The highest BCUT2D eigenvalue weighted by Gasteiger charge is 2.31. The summed E-state index contributed by atoms with van der Waals surface area (Å²) in [6.07, 6.45) is 2.75. The van der Waals surface area contributed by atoms with Crippen LogP contribution in [-0.4, -0.2) is 82.4 Å². The van der Waals surface area contributed by atoms with Crippen LogP contribution < -0.4 is 10.0 Å². The number of ether oxygens (including phenoxy) is 3. The molecule has 5 rings (SSSR count). The number of aromatic nitrogens is 2. The predicted molar refractivity (Wildman–Crippen MR) is 133 cm³/mol. The van der Waals surface area contributed by atoms with E-state index < -0.39 is 10.0 Å². The number of nitrogens with one attached hydrogen (secondary N) is 3. The highest BCUT2D eigenvalue weighted by Crippen LogP contribution is 2.29. The Morgan fingerprint density at radius 1 is 1.20 bits per heavy atom. The molecule has 3 aliphatic rings. The van der Waals surface area contributed by atoms with Crippen LogP contribution in [0.1, 0.15) is 24.1 Å². The Morgan fingerprint density at radius 2 is 2.00 bits per heavy atom. The van der Waals surface area contributed by atoms with Gasteiger partial charge in [-0.15, -0.1) is 0 Å². The minimum atomic E-state index is -3.61. The van der Waals surface area contributed by atoms with Crippen LogP contribution in [0.15, 0.2) is 40.2 Å². The Morgan fingerprint density at radius 3 is 2.71 bits per heavy atom. The fourth-order valence-electron chi connectivity index (χ4n) is 4.10. The highest BCUT2D eigenvalue weighted by molar-refractivity contribution is 7.89. The van der Waals surface area contributed by atoms with Crippen molar-refractivity contribution in [3.05, 3.63) is 47.6 Å². The Bertz CT molecular complexity index is 1180. The average molecular weight is 505 g/mol. The molecule has 1 aromatic carbocycles.